The molecule has 2 aromatic carbocycles. The van der Waals surface area contributed by atoms with Crippen LogP contribution in [0.1, 0.15) is 17.3 Å². The van der Waals surface area contributed by atoms with E-state index in [-0.39, 0.29) is 29.2 Å². The smallest absolute Gasteiger partial charge is 0.342 e. The average Bonchev–Trinajstić information content (AvgIpc) is 2.90. The maximum Gasteiger partial charge on any atom is 0.342 e. The van der Waals surface area contributed by atoms with Gasteiger partial charge in [0.05, 0.1) is 12.2 Å². The standard InChI is InChI=1S/C16H13FN2O3/c1-2-21-16(20)11-7-9(18)8-13-14(11)22-15(19-13)10-5-3-4-6-12(10)17/h3-8H,2,18H2,1H3. The van der Waals surface area contributed by atoms with Crippen molar-refractivity contribution in [1.82, 2.24) is 4.98 Å². The Morgan fingerprint density at radius 2 is 2.14 bits per heavy atom. The molecule has 112 valence electrons. The Hall–Kier alpha value is -2.89. The highest BCUT2D eigenvalue weighted by atomic mass is 19.1. The quantitative estimate of drug-likeness (QED) is 0.592. The van der Waals surface area contributed by atoms with E-state index in [0.717, 1.165) is 0 Å². The second kappa shape index (κ2) is 5.48. The van der Waals surface area contributed by atoms with Gasteiger partial charge in [0.25, 0.3) is 0 Å². The van der Waals surface area contributed by atoms with Crippen molar-refractivity contribution in [3.05, 3.63) is 47.8 Å². The highest BCUT2D eigenvalue weighted by Gasteiger charge is 2.19. The lowest BCUT2D eigenvalue weighted by molar-refractivity contribution is 0.0527. The molecule has 0 amide bonds. The topological polar surface area (TPSA) is 78.4 Å². The van der Waals surface area contributed by atoms with Gasteiger partial charge in [0.1, 0.15) is 16.9 Å². The first kappa shape index (κ1) is 14.1. The first-order valence-corrected chi connectivity index (χ1v) is 6.72. The monoisotopic (exact) mass is 300 g/mol. The number of anilines is 1. The van der Waals surface area contributed by atoms with Crippen LogP contribution in [0, 0.1) is 5.82 Å². The van der Waals surface area contributed by atoms with Crippen molar-refractivity contribution < 1.29 is 18.3 Å². The van der Waals surface area contributed by atoms with Crippen molar-refractivity contribution in [3.8, 4) is 11.5 Å². The van der Waals surface area contributed by atoms with Gasteiger partial charge < -0.3 is 14.9 Å². The number of nitrogens with zero attached hydrogens (tertiary/aromatic N) is 1. The summed E-state index contributed by atoms with van der Waals surface area (Å²) < 4.78 is 24.4. The van der Waals surface area contributed by atoms with E-state index in [2.05, 4.69) is 4.98 Å². The normalized spacial score (nSPS) is 10.8. The number of esters is 1. The van der Waals surface area contributed by atoms with Crippen molar-refractivity contribution in [2.75, 3.05) is 12.3 Å². The van der Waals surface area contributed by atoms with E-state index in [4.69, 9.17) is 14.9 Å². The Labute approximate surface area is 125 Å². The van der Waals surface area contributed by atoms with E-state index < -0.39 is 11.8 Å². The second-order valence-corrected chi connectivity index (χ2v) is 4.64. The largest absolute Gasteiger partial charge is 0.462 e. The molecule has 0 bridgehead atoms. The molecule has 5 nitrogen and oxygen atoms in total. The van der Waals surface area contributed by atoms with Gasteiger partial charge in [0.2, 0.25) is 5.89 Å². The van der Waals surface area contributed by atoms with Gasteiger partial charge in [-0.15, -0.1) is 0 Å². The molecule has 0 unspecified atom stereocenters. The molecule has 6 heteroatoms. The van der Waals surface area contributed by atoms with E-state index in [1.807, 2.05) is 0 Å². The van der Waals surface area contributed by atoms with E-state index >= 15 is 0 Å². The third-order valence-corrected chi connectivity index (χ3v) is 3.11. The third kappa shape index (κ3) is 2.39. The summed E-state index contributed by atoms with van der Waals surface area (Å²) in [4.78, 5) is 16.2. The average molecular weight is 300 g/mol. The molecule has 0 aliphatic rings. The van der Waals surface area contributed by atoms with Gasteiger partial charge >= 0.3 is 5.97 Å². The number of oxazole rings is 1. The van der Waals surface area contributed by atoms with Gasteiger partial charge in [-0.25, -0.2) is 14.2 Å². The Morgan fingerprint density at radius 1 is 1.36 bits per heavy atom. The zero-order valence-electron chi connectivity index (χ0n) is 11.8. The molecule has 1 aromatic heterocycles. The zero-order chi connectivity index (χ0) is 15.7. The summed E-state index contributed by atoms with van der Waals surface area (Å²) in [7, 11) is 0. The third-order valence-electron chi connectivity index (χ3n) is 3.11. The number of aromatic nitrogens is 1. The summed E-state index contributed by atoms with van der Waals surface area (Å²) in [6.45, 7) is 1.93. The van der Waals surface area contributed by atoms with Crippen LogP contribution in [0.4, 0.5) is 10.1 Å². The maximum absolute atomic E-state index is 13.8. The maximum atomic E-state index is 13.8. The number of ether oxygens (including phenoxy) is 1. The van der Waals surface area contributed by atoms with Crippen LogP contribution < -0.4 is 5.73 Å². The Kier molecular flexibility index (Phi) is 3.50. The van der Waals surface area contributed by atoms with Crippen LogP contribution in [0.2, 0.25) is 0 Å². The molecule has 0 saturated carbocycles. The fourth-order valence-corrected chi connectivity index (χ4v) is 2.16. The van der Waals surface area contributed by atoms with Gasteiger partial charge in [0.15, 0.2) is 5.58 Å². The minimum absolute atomic E-state index is 0.0873. The van der Waals surface area contributed by atoms with Gasteiger partial charge in [-0.1, -0.05) is 12.1 Å². The number of carbonyl (C=O) groups is 1. The summed E-state index contributed by atoms with van der Waals surface area (Å²) in [6, 6.07) is 9.12. The zero-order valence-corrected chi connectivity index (χ0v) is 11.8. The van der Waals surface area contributed by atoms with Gasteiger partial charge in [-0.05, 0) is 31.2 Å². The fraction of sp³-hybridized carbons (Fsp3) is 0.125. The Balaban J connectivity index is 2.19. The minimum atomic E-state index is -0.559. The fourth-order valence-electron chi connectivity index (χ4n) is 2.16. The molecule has 3 aromatic rings. The van der Waals surface area contributed by atoms with Gasteiger partial charge in [-0.2, -0.15) is 0 Å². The van der Waals surface area contributed by atoms with E-state index in [9.17, 15) is 9.18 Å². The molecule has 22 heavy (non-hydrogen) atoms. The number of benzene rings is 2. The predicted molar refractivity (Wildman–Crippen MR) is 79.8 cm³/mol. The van der Waals surface area contributed by atoms with E-state index in [0.29, 0.717) is 11.2 Å². The molecule has 0 fully saturated rings. The number of rotatable bonds is 3. The Bertz CT molecular complexity index is 858. The number of nitrogen functional groups attached to an aromatic ring is 1. The van der Waals surface area contributed by atoms with Crippen LogP contribution in [-0.2, 0) is 4.74 Å². The number of fused-ring (bicyclic) bond motifs is 1. The number of halogens is 1. The lowest BCUT2D eigenvalue weighted by atomic mass is 10.2. The number of carbonyl (C=O) groups excluding carboxylic acids is 1. The van der Waals surface area contributed by atoms with Crippen molar-refractivity contribution in [1.29, 1.82) is 0 Å². The lowest BCUT2D eigenvalue weighted by Crippen LogP contribution is -2.05. The summed E-state index contributed by atoms with van der Waals surface area (Å²) in [6.07, 6.45) is 0. The van der Waals surface area contributed by atoms with Crippen molar-refractivity contribution in [3.63, 3.8) is 0 Å². The van der Waals surface area contributed by atoms with Gasteiger partial charge in [0, 0.05) is 5.69 Å². The molecule has 0 spiro atoms. The molecule has 2 N–H and O–H groups in total. The van der Waals surface area contributed by atoms with E-state index in [1.165, 1.54) is 12.1 Å². The highest BCUT2D eigenvalue weighted by Crippen LogP contribution is 2.30. The molecule has 0 radical (unpaired) electrons. The first-order chi connectivity index (χ1) is 10.6. The summed E-state index contributed by atoms with van der Waals surface area (Å²) >= 11 is 0. The second-order valence-electron chi connectivity index (χ2n) is 4.64. The van der Waals surface area contributed by atoms with E-state index in [1.54, 1.807) is 31.2 Å². The van der Waals surface area contributed by atoms with Crippen LogP contribution >= 0.6 is 0 Å². The number of nitrogens with two attached hydrogens (primary N) is 1. The highest BCUT2D eigenvalue weighted by molar-refractivity contribution is 6.03. The van der Waals surface area contributed by atoms with Crippen LogP contribution in [0.5, 0.6) is 0 Å². The summed E-state index contributed by atoms with van der Waals surface area (Å²) in [5.74, 6) is -0.931. The molecule has 0 saturated heterocycles. The van der Waals surface area contributed by atoms with Crippen LogP contribution in [0.3, 0.4) is 0 Å². The lowest BCUT2D eigenvalue weighted by Gasteiger charge is -2.02. The molecule has 3 rings (SSSR count). The first-order valence-electron chi connectivity index (χ1n) is 6.72. The van der Waals surface area contributed by atoms with Crippen LogP contribution in [0.25, 0.3) is 22.6 Å². The predicted octanol–water partition coefficient (Wildman–Crippen LogP) is 3.39. The van der Waals surface area contributed by atoms with Crippen molar-refractivity contribution in [2.45, 2.75) is 6.92 Å². The van der Waals surface area contributed by atoms with Crippen LogP contribution in [-0.4, -0.2) is 17.6 Å². The van der Waals surface area contributed by atoms with Crippen molar-refractivity contribution in [2.24, 2.45) is 0 Å². The SMILES string of the molecule is CCOC(=O)c1cc(N)cc2nc(-c3ccccc3F)oc12. The molecule has 0 aliphatic heterocycles. The Morgan fingerprint density at radius 3 is 2.86 bits per heavy atom. The number of hydrogen-bond acceptors (Lipinski definition) is 5. The molecule has 1 heterocycles. The van der Waals surface area contributed by atoms with Crippen molar-refractivity contribution >= 4 is 22.8 Å². The molecular formula is C16H13FN2O3. The molecule has 0 aliphatic carbocycles. The molecular weight excluding hydrogens is 287 g/mol. The summed E-state index contributed by atoms with van der Waals surface area (Å²) in [5.41, 5.74) is 7.12. The van der Waals surface area contributed by atoms with Gasteiger partial charge in [-0.3, -0.25) is 0 Å². The summed E-state index contributed by atoms with van der Waals surface area (Å²) in [5, 5.41) is 0. The number of hydrogen-bond donors (Lipinski definition) is 1. The molecule has 0 atom stereocenters. The van der Waals surface area contributed by atoms with Crippen LogP contribution in [0.15, 0.2) is 40.8 Å². The minimum Gasteiger partial charge on any atom is -0.462 e.